The van der Waals surface area contributed by atoms with Crippen LogP contribution in [0.2, 0.25) is 0 Å². The summed E-state index contributed by atoms with van der Waals surface area (Å²) in [5.41, 5.74) is 12.4. The number of benzene rings is 5. The quantitative estimate of drug-likeness (QED) is 0.317. The molecule has 5 aromatic rings. The normalized spacial score (nSPS) is 13.7. The highest BCUT2D eigenvalue weighted by atomic mass is 16.5. The first-order valence-electron chi connectivity index (χ1n) is 11.5. The van der Waals surface area contributed by atoms with E-state index in [2.05, 4.69) is 97.1 Å². The molecule has 2 aliphatic carbocycles. The SMILES string of the molecule is O[B]Oc1cccc(-c2ccc3c(c2)-c2ccccc2C32c3ccccc3-c3ccccc32)c1. The molecule has 0 atom stereocenters. The Hall–Kier alpha value is -4.08. The van der Waals surface area contributed by atoms with Crippen LogP contribution in [0.5, 0.6) is 5.75 Å². The molecule has 1 spiro atoms. The lowest BCUT2D eigenvalue weighted by Gasteiger charge is -2.30. The van der Waals surface area contributed by atoms with Crippen LogP contribution in [0.25, 0.3) is 33.4 Å². The average Bonchev–Trinajstić information content (AvgIpc) is 3.36. The lowest BCUT2D eigenvalue weighted by atomic mass is 9.70. The zero-order valence-electron chi connectivity index (χ0n) is 18.4. The van der Waals surface area contributed by atoms with E-state index in [1.54, 1.807) is 0 Å². The molecule has 0 amide bonds. The highest BCUT2D eigenvalue weighted by Gasteiger charge is 2.51. The van der Waals surface area contributed by atoms with Crippen LogP contribution < -0.4 is 4.65 Å². The fraction of sp³-hybridized carbons (Fsp3) is 0.0323. The van der Waals surface area contributed by atoms with Crippen LogP contribution in [0, 0.1) is 0 Å². The van der Waals surface area contributed by atoms with Gasteiger partial charge in [-0.15, -0.1) is 0 Å². The Balaban J connectivity index is 1.53. The molecule has 2 aliphatic rings. The zero-order valence-corrected chi connectivity index (χ0v) is 18.4. The Morgan fingerprint density at radius 1 is 0.500 bits per heavy atom. The van der Waals surface area contributed by atoms with E-state index in [4.69, 9.17) is 9.68 Å². The lowest BCUT2D eigenvalue weighted by Crippen LogP contribution is -2.25. The van der Waals surface area contributed by atoms with E-state index in [0.29, 0.717) is 5.75 Å². The molecule has 1 N–H and O–H groups in total. The molecule has 2 nitrogen and oxygen atoms in total. The van der Waals surface area contributed by atoms with Crippen molar-refractivity contribution >= 4 is 7.69 Å². The standard InChI is InChI=1S/C31H20BO2/c33-32-34-22-9-7-8-20(18-22)21-16-17-30-26(19-21)25-12-3-6-15-29(25)31(30)27-13-4-1-10-23(27)24-11-2-5-14-28(24)31/h1-19,33H. The number of hydrogen-bond donors (Lipinski definition) is 1. The van der Waals surface area contributed by atoms with Crippen LogP contribution >= 0.6 is 0 Å². The number of rotatable bonds is 3. The first kappa shape index (κ1) is 19.4. The van der Waals surface area contributed by atoms with E-state index in [-0.39, 0.29) is 5.41 Å². The molecule has 0 fully saturated rings. The van der Waals surface area contributed by atoms with E-state index in [1.165, 1.54) is 44.5 Å². The van der Waals surface area contributed by atoms with Crippen molar-refractivity contribution in [2.75, 3.05) is 0 Å². The molecule has 159 valence electrons. The van der Waals surface area contributed by atoms with Gasteiger partial charge >= 0.3 is 7.69 Å². The van der Waals surface area contributed by atoms with Crippen LogP contribution in [0.15, 0.2) is 115 Å². The third kappa shape index (κ3) is 2.45. The van der Waals surface area contributed by atoms with Crippen LogP contribution in [0.3, 0.4) is 0 Å². The van der Waals surface area contributed by atoms with Crippen LogP contribution in [0.4, 0.5) is 0 Å². The maximum atomic E-state index is 9.05. The van der Waals surface area contributed by atoms with Gasteiger partial charge in [-0.2, -0.15) is 0 Å². The molecule has 34 heavy (non-hydrogen) atoms. The summed E-state index contributed by atoms with van der Waals surface area (Å²) in [6, 6.07) is 41.1. The van der Waals surface area contributed by atoms with Crippen LogP contribution in [0.1, 0.15) is 22.3 Å². The largest absolute Gasteiger partial charge is 0.569 e. The Morgan fingerprint density at radius 3 is 1.65 bits per heavy atom. The molecule has 0 unspecified atom stereocenters. The molecule has 5 aromatic carbocycles. The Labute approximate surface area is 199 Å². The van der Waals surface area contributed by atoms with Gasteiger partial charge in [-0.3, -0.25) is 0 Å². The van der Waals surface area contributed by atoms with Crippen molar-refractivity contribution in [3.05, 3.63) is 138 Å². The van der Waals surface area contributed by atoms with Gasteiger partial charge in [0.15, 0.2) is 0 Å². The third-order valence-electron chi connectivity index (χ3n) is 7.35. The van der Waals surface area contributed by atoms with Gasteiger partial charge in [-0.05, 0) is 73.8 Å². The smallest absolute Gasteiger partial charge is 0.537 e. The first-order chi connectivity index (χ1) is 16.8. The third-order valence-corrected chi connectivity index (χ3v) is 7.35. The monoisotopic (exact) mass is 435 g/mol. The molecule has 0 aromatic heterocycles. The summed E-state index contributed by atoms with van der Waals surface area (Å²) >= 11 is 0. The fourth-order valence-corrected chi connectivity index (χ4v) is 6.09. The second kappa shape index (κ2) is 7.21. The van der Waals surface area contributed by atoms with E-state index in [1.807, 2.05) is 18.2 Å². The Morgan fingerprint density at radius 2 is 1.03 bits per heavy atom. The summed E-state index contributed by atoms with van der Waals surface area (Å²) in [7, 11) is 0.719. The second-order valence-corrected chi connectivity index (χ2v) is 8.90. The molecule has 7 rings (SSSR count). The zero-order chi connectivity index (χ0) is 22.7. The molecule has 0 aliphatic heterocycles. The Kier molecular flexibility index (Phi) is 4.11. The highest BCUT2D eigenvalue weighted by Crippen LogP contribution is 2.62. The molecular weight excluding hydrogens is 415 g/mol. The summed E-state index contributed by atoms with van der Waals surface area (Å²) in [6.45, 7) is 0. The minimum absolute atomic E-state index is 0.311. The van der Waals surface area contributed by atoms with Crippen molar-refractivity contribution in [3.8, 4) is 39.1 Å². The molecular formula is C31H20BO2. The Bertz CT molecular complexity index is 1540. The summed E-state index contributed by atoms with van der Waals surface area (Å²) < 4.78 is 5.20. The maximum absolute atomic E-state index is 9.05. The van der Waals surface area contributed by atoms with Crippen molar-refractivity contribution in [1.82, 2.24) is 0 Å². The van der Waals surface area contributed by atoms with Crippen molar-refractivity contribution in [2.24, 2.45) is 0 Å². The molecule has 1 radical (unpaired) electrons. The lowest BCUT2D eigenvalue weighted by molar-refractivity contribution is 0.454. The van der Waals surface area contributed by atoms with Gasteiger partial charge in [0.05, 0.1) is 5.41 Å². The van der Waals surface area contributed by atoms with Gasteiger partial charge in [-0.25, -0.2) is 0 Å². The van der Waals surface area contributed by atoms with Gasteiger partial charge in [0.1, 0.15) is 5.75 Å². The van der Waals surface area contributed by atoms with Crippen molar-refractivity contribution < 1.29 is 9.68 Å². The molecule has 0 saturated heterocycles. The summed E-state index contributed by atoms with van der Waals surface area (Å²) in [4.78, 5) is 0. The summed E-state index contributed by atoms with van der Waals surface area (Å²) in [5.74, 6) is 0.607. The minimum Gasteiger partial charge on any atom is -0.537 e. The average molecular weight is 435 g/mol. The van der Waals surface area contributed by atoms with E-state index in [9.17, 15) is 0 Å². The van der Waals surface area contributed by atoms with Gasteiger partial charge in [0, 0.05) is 0 Å². The van der Waals surface area contributed by atoms with Crippen LogP contribution in [-0.4, -0.2) is 12.7 Å². The maximum Gasteiger partial charge on any atom is 0.569 e. The van der Waals surface area contributed by atoms with E-state index >= 15 is 0 Å². The molecule has 0 bridgehead atoms. The van der Waals surface area contributed by atoms with Gasteiger partial charge in [-0.1, -0.05) is 97.1 Å². The summed E-state index contributed by atoms with van der Waals surface area (Å²) in [5, 5.41) is 9.05. The second-order valence-electron chi connectivity index (χ2n) is 8.90. The number of fused-ring (bicyclic) bond motifs is 10. The van der Waals surface area contributed by atoms with Gasteiger partial charge in [0.25, 0.3) is 0 Å². The molecule has 0 saturated carbocycles. The van der Waals surface area contributed by atoms with Gasteiger partial charge in [0.2, 0.25) is 0 Å². The van der Waals surface area contributed by atoms with Crippen molar-refractivity contribution in [3.63, 3.8) is 0 Å². The highest BCUT2D eigenvalue weighted by molar-refractivity contribution is 6.17. The summed E-state index contributed by atoms with van der Waals surface area (Å²) in [6.07, 6.45) is 0. The predicted octanol–water partition coefficient (Wildman–Crippen LogP) is 6.60. The van der Waals surface area contributed by atoms with Crippen LogP contribution in [-0.2, 0) is 5.41 Å². The van der Waals surface area contributed by atoms with E-state index < -0.39 is 0 Å². The predicted molar refractivity (Wildman–Crippen MR) is 137 cm³/mol. The first-order valence-corrected chi connectivity index (χ1v) is 11.5. The van der Waals surface area contributed by atoms with E-state index in [0.717, 1.165) is 18.8 Å². The van der Waals surface area contributed by atoms with Gasteiger partial charge < -0.3 is 9.68 Å². The van der Waals surface area contributed by atoms with Crippen molar-refractivity contribution in [2.45, 2.75) is 5.41 Å². The van der Waals surface area contributed by atoms with Crippen molar-refractivity contribution in [1.29, 1.82) is 0 Å². The number of hydrogen-bond acceptors (Lipinski definition) is 2. The topological polar surface area (TPSA) is 29.5 Å². The molecule has 3 heteroatoms. The molecule has 0 heterocycles. The minimum atomic E-state index is -0.311. The fourth-order valence-electron chi connectivity index (χ4n) is 6.09.